The highest BCUT2D eigenvalue weighted by molar-refractivity contribution is 7.20. The van der Waals surface area contributed by atoms with Crippen LogP contribution in [-0.4, -0.2) is 28.5 Å². The van der Waals surface area contributed by atoms with E-state index in [9.17, 15) is 14.4 Å². The van der Waals surface area contributed by atoms with Gasteiger partial charge in [0, 0.05) is 5.69 Å². The zero-order valence-corrected chi connectivity index (χ0v) is 19.2. The number of thiophene rings is 1. The Kier molecular flexibility index (Phi) is 6.23. The fraction of sp³-hybridized carbons (Fsp3) is 0.167. The van der Waals surface area contributed by atoms with Crippen molar-refractivity contribution in [1.82, 2.24) is 9.55 Å². The maximum Gasteiger partial charge on any atom is 0.266 e. The average Bonchev–Trinajstić information content (AvgIpc) is 3.14. The van der Waals surface area contributed by atoms with Gasteiger partial charge in [0.2, 0.25) is 5.91 Å². The standard InChI is InChI=1S/C24H22N4O4S/c1-14-9-10-18(32-3)17(11-14)27-19(29)12-28-13-25-23-20(24(28)31)15(2)21(33-23)22(30)26-16-7-5-4-6-8-16/h4-11,13H,12H2,1-3H3,(H,26,30)(H,27,29). The van der Waals surface area contributed by atoms with Crippen LogP contribution in [0.15, 0.2) is 59.7 Å². The molecule has 0 aliphatic carbocycles. The molecular formula is C24H22N4O4S. The number of anilines is 2. The van der Waals surface area contributed by atoms with Gasteiger partial charge in [0.15, 0.2) is 0 Å². The zero-order chi connectivity index (χ0) is 23.5. The lowest BCUT2D eigenvalue weighted by Gasteiger charge is -2.11. The minimum Gasteiger partial charge on any atom is -0.495 e. The van der Waals surface area contributed by atoms with E-state index in [-0.39, 0.29) is 18.0 Å². The highest BCUT2D eigenvalue weighted by Gasteiger charge is 2.20. The Hall–Kier alpha value is -3.98. The van der Waals surface area contributed by atoms with Gasteiger partial charge in [-0.15, -0.1) is 11.3 Å². The number of carbonyl (C=O) groups excluding carboxylic acids is 2. The van der Waals surface area contributed by atoms with Crippen LogP contribution in [0.4, 0.5) is 11.4 Å². The van der Waals surface area contributed by atoms with Crippen molar-refractivity contribution in [1.29, 1.82) is 0 Å². The normalized spacial score (nSPS) is 10.8. The van der Waals surface area contributed by atoms with Crippen LogP contribution < -0.4 is 20.9 Å². The summed E-state index contributed by atoms with van der Waals surface area (Å²) in [6.45, 7) is 3.39. The van der Waals surface area contributed by atoms with Gasteiger partial charge in [0.25, 0.3) is 11.5 Å². The second kappa shape index (κ2) is 9.25. The van der Waals surface area contributed by atoms with Crippen molar-refractivity contribution >= 4 is 44.7 Å². The van der Waals surface area contributed by atoms with Crippen LogP contribution >= 0.6 is 11.3 Å². The smallest absolute Gasteiger partial charge is 0.266 e. The molecule has 2 N–H and O–H groups in total. The number of ether oxygens (including phenoxy) is 1. The van der Waals surface area contributed by atoms with E-state index in [0.717, 1.165) is 16.9 Å². The number of hydrogen-bond donors (Lipinski definition) is 2. The lowest BCUT2D eigenvalue weighted by Crippen LogP contribution is -2.28. The molecule has 0 aliphatic heterocycles. The number of hydrogen-bond acceptors (Lipinski definition) is 6. The van der Waals surface area contributed by atoms with Crippen LogP contribution in [0.3, 0.4) is 0 Å². The number of nitrogens with one attached hydrogen (secondary N) is 2. The monoisotopic (exact) mass is 462 g/mol. The molecule has 2 heterocycles. The molecule has 33 heavy (non-hydrogen) atoms. The molecule has 0 unspecified atom stereocenters. The lowest BCUT2D eigenvalue weighted by molar-refractivity contribution is -0.116. The van der Waals surface area contributed by atoms with Crippen molar-refractivity contribution in [3.05, 3.63) is 81.2 Å². The van der Waals surface area contributed by atoms with E-state index in [4.69, 9.17) is 4.74 Å². The zero-order valence-electron chi connectivity index (χ0n) is 18.3. The van der Waals surface area contributed by atoms with Gasteiger partial charge in [-0.1, -0.05) is 24.3 Å². The Labute approximate surface area is 193 Å². The number of benzene rings is 2. The van der Waals surface area contributed by atoms with Gasteiger partial charge in [-0.3, -0.25) is 19.0 Å². The van der Waals surface area contributed by atoms with Crippen molar-refractivity contribution < 1.29 is 14.3 Å². The minimum atomic E-state index is -0.392. The van der Waals surface area contributed by atoms with Crippen LogP contribution in [0.25, 0.3) is 10.2 Å². The maximum atomic E-state index is 13.1. The summed E-state index contributed by atoms with van der Waals surface area (Å²) < 4.78 is 6.52. The molecule has 0 spiro atoms. The maximum absolute atomic E-state index is 13.1. The number of aryl methyl sites for hydroxylation is 2. The molecule has 2 amide bonds. The van der Waals surface area contributed by atoms with Crippen molar-refractivity contribution in [2.24, 2.45) is 0 Å². The Balaban J connectivity index is 1.59. The summed E-state index contributed by atoms with van der Waals surface area (Å²) in [5.74, 6) is -0.174. The fourth-order valence-electron chi connectivity index (χ4n) is 3.46. The second-order valence-electron chi connectivity index (χ2n) is 7.49. The minimum absolute atomic E-state index is 0.223. The number of nitrogens with zero attached hydrogens (tertiary/aromatic N) is 2. The summed E-state index contributed by atoms with van der Waals surface area (Å²) in [5.41, 5.74) is 2.31. The number of rotatable bonds is 6. The number of aromatic nitrogens is 2. The second-order valence-corrected chi connectivity index (χ2v) is 8.49. The van der Waals surface area contributed by atoms with E-state index in [0.29, 0.717) is 37.8 Å². The summed E-state index contributed by atoms with van der Waals surface area (Å²) >= 11 is 1.15. The van der Waals surface area contributed by atoms with Gasteiger partial charge in [0.05, 0.1) is 29.4 Å². The third-order valence-electron chi connectivity index (χ3n) is 5.10. The topological polar surface area (TPSA) is 102 Å². The first-order valence-corrected chi connectivity index (χ1v) is 11.0. The van der Waals surface area contributed by atoms with E-state index in [1.807, 2.05) is 31.2 Å². The summed E-state index contributed by atoms with van der Waals surface area (Å²) in [6.07, 6.45) is 1.33. The average molecular weight is 463 g/mol. The van der Waals surface area contributed by atoms with Crippen molar-refractivity contribution in [2.45, 2.75) is 20.4 Å². The Morgan fingerprint density at radius 2 is 1.85 bits per heavy atom. The van der Waals surface area contributed by atoms with Gasteiger partial charge in [0.1, 0.15) is 17.1 Å². The van der Waals surface area contributed by atoms with Gasteiger partial charge >= 0.3 is 0 Å². The summed E-state index contributed by atoms with van der Waals surface area (Å²) in [6, 6.07) is 14.5. The van der Waals surface area contributed by atoms with Crippen molar-refractivity contribution in [3.8, 4) is 5.75 Å². The summed E-state index contributed by atoms with van der Waals surface area (Å²) in [7, 11) is 1.52. The highest BCUT2D eigenvalue weighted by atomic mass is 32.1. The molecule has 2 aromatic carbocycles. The number of carbonyl (C=O) groups is 2. The summed E-state index contributed by atoms with van der Waals surface area (Å²) in [5, 5.41) is 5.94. The Bertz CT molecular complexity index is 1410. The largest absolute Gasteiger partial charge is 0.495 e. The molecule has 4 aromatic rings. The van der Waals surface area contributed by atoms with Gasteiger partial charge in [-0.25, -0.2) is 4.98 Å². The molecule has 0 saturated heterocycles. The quantitative estimate of drug-likeness (QED) is 0.451. The molecular weight excluding hydrogens is 440 g/mol. The lowest BCUT2D eigenvalue weighted by atomic mass is 10.2. The molecule has 2 aromatic heterocycles. The third kappa shape index (κ3) is 4.63. The Morgan fingerprint density at radius 1 is 1.09 bits per heavy atom. The van der Waals surface area contributed by atoms with Crippen molar-refractivity contribution in [2.75, 3.05) is 17.7 Å². The van der Waals surface area contributed by atoms with Gasteiger partial charge in [-0.2, -0.15) is 0 Å². The number of fused-ring (bicyclic) bond motifs is 1. The first-order chi connectivity index (χ1) is 15.9. The van der Waals surface area contributed by atoms with Crippen LogP contribution in [-0.2, 0) is 11.3 Å². The highest BCUT2D eigenvalue weighted by Crippen LogP contribution is 2.28. The first kappa shape index (κ1) is 22.2. The van der Waals surface area contributed by atoms with Crippen LogP contribution in [0, 0.1) is 13.8 Å². The predicted octanol–water partition coefficient (Wildman–Crippen LogP) is 3.97. The molecule has 0 atom stereocenters. The first-order valence-electron chi connectivity index (χ1n) is 10.2. The molecule has 0 bridgehead atoms. The molecule has 8 nitrogen and oxygen atoms in total. The van der Waals surface area contributed by atoms with E-state index in [1.165, 1.54) is 18.0 Å². The molecule has 0 saturated carbocycles. The van der Waals surface area contributed by atoms with Crippen molar-refractivity contribution in [3.63, 3.8) is 0 Å². The molecule has 168 valence electrons. The molecule has 4 rings (SSSR count). The van der Waals surface area contributed by atoms with E-state index in [2.05, 4.69) is 15.6 Å². The SMILES string of the molecule is COc1ccc(C)cc1NC(=O)Cn1cnc2sc(C(=O)Nc3ccccc3)c(C)c2c1=O. The molecule has 0 radical (unpaired) electrons. The van der Waals surface area contributed by atoms with Gasteiger partial charge < -0.3 is 15.4 Å². The summed E-state index contributed by atoms with van der Waals surface area (Å²) in [4.78, 5) is 43.7. The third-order valence-corrected chi connectivity index (χ3v) is 6.30. The van der Waals surface area contributed by atoms with Crippen LogP contribution in [0.1, 0.15) is 20.8 Å². The number of para-hydroxylation sites is 1. The van der Waals surface area contributed by atoms with E-state index >= 15 is 0 Å². The van der Waals surface area contributed by atoms with Crippen LogP contribution in [0.5, 0.6) is 5.75 Å². The predicted molar refractivity (Wildman–Crippen MR) is 129 cm³/mol. The van der Waals surface area contributed by atoms with E-state index < -0.39 is 5.91 Å². The number of methoxy groups -OCH3 is 1. The van der Waals surface area contributed by atoms with Crippen LogP contribution in [0.2, 0.25) is 0 Å². The fourth-order valence-corrected chi connectivity index (χ4v) is 4.50. The van der Waals surface area contributed by atoms with Gasteiger partial charge in [-0.05, 0) is 49.2 Å². The number of amides is 2. The molecule has 0 aliphatic rings. The molecule has 0 fully saturated rings. The Morgan fingerprint density at radius 3 is 2.58 bits per heavy atom. The molecule has 9 heteroatoms. The van der Waals surface area contributed by atoms with E-state index in [1.54, 1.807) is 31.2 Å².